The van der Waals surface area contributed by atoms with Crippen molar-refractivity contribution in [3.8, 4) is 0 Å². The highest BCUT2D eigenvalue weighted by atomic mass is 35.5. The van der Waals surface area contributed by atoms with Crippen LogP contribution in [0.4, 0.5) is 5.69 Å². The number of hydrogen-bond donors (Lipinski definition) is 2. The molecule has 0 aliphatic rings. The number of anilines is 1. The lowest BCUT2D eigenvalue weighted by atomic mass is 10.1. The average molecular weight is 345 g/mol. The second-order valence-electron chi connectivity index (χ2n) is 4.51. The Morgan fingerprint density at radius 2 is 1.62 bits per heavy atom. The van der Waals surface area contributed by atoms with E-state index in [2.05, 4.69) is 4.72 Å². The van der Waals surface area contributed by atoms with Gasteiger partial charge in [-0.25, -0.2) is 8.42 Å². The highest BCUT2D eigenvalue weighted by molar-refractivity contribution is 7.91. The quantitative estimate of drug-likeness (QED) is 0.872. The first-order chi connectivity index (χ1) is 9.89. The van der Waals surface area contributed by atoms with Crippen molar-refractivity contribution in [3.63, 3.8) is 0 Å². The summed E-state index contributed by atoms with van der Waals surface area (Å²) in [6.07, 6.45) is 0. The van der Waals surface area contributed by atoms with Crippen molar-refractivity contribution in [1.82, 2.24) is 0 Å². The molecule has 112 valence electrons. The molecular formula is C14H14Cl2N2O2S. The van der Waals surface area contributed by atoms with Crippen molar-refractivity contribution in [2.75, 3.05) is 4.72 Å². The summed E-state index contributed by atoms with van der Waals surface area (Å²) < 4.78 is 26.7. The first-order valence-electron chi connectivity index (χ1n) is 6.13. The van der Waals surface area contributed by atoms with Crippen molar-refractivity contribution in [2.45, 2.75) is 12.3 Å². The van der Waals surface area contributed by atoms with Crippen molar-refractivity contribution in [1.29, 1.82) is 0 Å². The van der Waals surface area contributed by atoms with E-state index in [-0.39, 0.29) is 11.4 Å². The van der Waals surface area contributed by atoms with Crippen LogP contribution in [0.25, 0.3) is 0 Å². The predicted molar refractivity (Wildman–Crippen MR) is 87.0 cm³/mol. The van der Waals surface area contributed by atoms with Gasteiger partial charge in [-0.1, -0.05) is 47.5 Å². The van der Waals surface area contributed by atoms with E-state index < -0.39 is 10.0 Å². The molecule has 4 nitrogen and oxygen atoms in total. The molecule has 0 spiro atoms. The maximum atomic E-state index is 12.1. The van der Waals surface area contributed by atoms with E-state index in [1.807, 2.05) is 0 Å². The summed E-state index contributed by atoms with van der Waals surface area (Å²) in [6.45, 7) is 0.420. The highest BCUT2D eigenvalue weighted by Crippen LogP contribution is 2.26. The largest absolute Gasteiger partial charge is 0.326 e. The van der Waals surface area contributed by atoms with Gasteiger partial charge in [0.15, 0.2) is 0 Å². The van der Waals surface area contributed by atoms with Crippen molar-refractivity contribution >= 4 is 38.9 Å². The zero-order valence-corrected chi connectivity index (χ0v) is 13.3. The monoisotopic (exact) mass is 344 g/mol. The lowest BCUT2D eigenvalue weighted by Crippen LogP contribution is -2.15. The summed E-state index contributed by atoms with van der Waals surface area (Å²) >= 11 is 11.8. The Morgan fingerprint density at radius 1 is 1.00 bits per heavy atom. The number of halogens is 2. The number of sulfonamides is 1. The lowest BCUT2D eigenvalue weighted by molar-refractivity contribution is 0.600. The first kappa shape index (κ1) is 16.1. The van der Waals surface area contributed by atoms with Gasteiger partial charge in [0.2, 0.25) is 10.0 Å². The smallest absolute Gasteiger partial charge is 0.236 e. The molecule has 0 unspecified atom stereocenters. The zero-order chi connectivity index (χ0) is 15.5. The summed E-state index contributed by atoms with van der Waals surface area (Å²) in [4.78, 5) is 0. The number of nitrogens with one attached hydrogen (secondary N) is 1. The maximum Gasteiger partial charge on any atom is 0.236 e. The fourth-order valence-electron chi connectivity index (χ4n) is 1.77. The molecule has 3 N–H and O–H groups in total. The van der Waals surface area contributed by atoms with Gasteiger partial charge in [-0.05, 0) is 29.3 Å². The molecule has 0 fully saturated rings. The Kier molecular flexibility index (Phi) is 5.11. The third kappa shape index (κ3) is 4.61. The molecule has 0 heterocycles. The number of hydrogen-bond acceptors (Lipinski definition) is 3. The van der Waals surface area contributed by atoms with Gasteiger partial charge in [0.25, 0.3) is 0 Å². The highest BCUT2D eigenvalue weighted by Gasteiger charge is 2.14. The molecule has 2 aromatic carbocycles. The van der Waals surface area contributed by atoms with Crippen LogP contribution in [-0.2, 0) is 22.3 Å². The molecule has 0 bridgehead atoms. The predicted octanol–water partition coefficient (Wildman–Crippen LogP) is 3.39. The summed E-state index contributed by atoms with van der Waals surface area (Å²) in [7, 11) is -3.57. The fourth-order valence-corrected chi connectivity index (χ4v) is 3.37. The second kappa shape index (κ2) is 6.66. The van der Waals surface area contributed by atoms with Gasteiger partial charge in [0.1, 0.15) is 0 Å². The maximum absolute atomic E-state index is 12.1. The minimum Gasteiger partial charge on any atom is -0.326 e. The van der Waals surface area contributed by atoms with E-state index in [1.165, 1.54) is 12.1 Å². The molecule has 21 heavy (non-hydrogen) atoms. The van der Waals surface area contributed by atoms with Crippen LogP contribution in [0.5, 0.6) is 0 Å². The fraction of sp³-hybridized carbons (Fsp3) is 0.143. The van der Waals surface area contributed by atoms with Crippen LogP contribution in [0.3, 0.4) is 0 Å². The van der Waals surface area contributed by atoms with E-state index in [4.69, 9.17) is 28.9 Å². The van der Waals surface area contributed by atoms with Crippen LogP contribution in [0, 0.1) is 0 Å². The van der Waals surface area contributed by atoms with Crippen LogP contribution in [-0.4, -0.2) is 8.42 Å². The molecule has 0 radical (unpaired) electrons. The SMILES string of the molecule is NCc1ccc(CS(=O)(=O)Nc2cc(Cl)ccc2Cl)cc1. The molecule has 0 aromatic heterocycles. The van der Waals surface area contributed by atoms with Gasteiger partial charge in [0, 0.05) is 11.6 Å². The van der Waals surface area contributed by atoms with Crippen LogP contribution < -0.4 is 10.5 Å². The van der Waals surface area contributed by atoms with E-state index >= 15 is 0 Å². The van der Waals surface area contributed by atoms with Gasteiger partial charge in [0.05, 0.1) is 16.5 Å². The molecule has 0 amide bonds. The number of benzene rings is 2. The summed E-state index contributed by atoms with van der Waals surface area (Å²) in [6, 6.07) is 11.7. The van der Waals surface area contributed by atoms with Crippen molar-refractivity contribution in [2.24, 2.45) is 5.73 Å². The Balaban J connectivity index is 2.16. The molecule has 0 aliphatic carbocycles. The topological polar surface area (TPSA) is 72.2 Å². The summed E-state index contributed by atoms with van der Waals surface area (Å²) in [5.41, 5.74) is 7.38. The Hall–Kier alpha value is -1.27. The standard InChI is InChI=1S/C14H14Cl2N2O2S/c15-12-5-6-13(16)14(7-12)18-21(19,20)9-11-3-1-10(8-17)2-4-11/h1-7,18H,8-9,17H2. The molecule has 0 saturated carbocycles. The Bertz CT molecular complexity index is 731. The van der Waals surface area contributed by atoms with Gasteiger partial charge in [-0.3, -0.25) is 4.72 Å². The van der Waals surface area contributed by atoms with Crippen LogP contribution in [0.2, 0.25) is 10.0 Å². The minimum atomic E-state index is -3.57. The summed E-state index contributed by atoms with van der Waals surface area (Å²) in [5.74, 6) is -0.152. The normalized spacial score (nSPS) is 11.4. The van der Waals surface area contributed by atoms with E-state index in [0.717, 1.165) is 5.56 Å². The lowest BCUT2D eigenvalue weighted by Gasteiger charge is -2.10. The van der Waals surface area contributed by atoms with Gasteiger partial charge < -0.3 is 5.73 Å². The molecule has 2 aromatic rings. The van der Waals surface area contributed by atoms with E-state index in [9.17, 15) is 8.42 Å². The third-order valence-electron chi connectivity index (χ3n) is 2.81. The zero-order valence-electron chi connectivity index (χ0n) is 11.0. The number of nitrogens with two attached hydrogens (primary N) is 1. The Morgan fingerprint density at radius 3 is 2.24 bits per heavy atom. The first-order valence-corrected chi connectivity index (χ1v) is 8.54. The second-order valence-corrected chi connectivity index (χ2v) is 7.07. The van der Waals surface area contributed by atoms with Gasteiger partial charge in [-0.2, -0.15) is 0 Å². The van der Waals surface area contributed by atoms with E-state index in [1.54, 1.807) is 30.3 Å². The number of rotatable bonds is 5. The molecule has 2 rings (SSSR count). The van der Waals surface area contributed by atoms with Crippen molar-refractivity contribution in [3.05, 3.63) is 63.6 Å². The Labute approximate surface area is 133 Å². The van der Waals surface area contributed by atoms with Crippen LogP contribution >= 0.6 is 23.2 Å². The van der Waals surface area contributed by atoms with Crippen LogP contribution in [0.1, 0.15) is 11.1 Å². The molecule has 0 aliphatic heterocycles. The van der Waals surface area contributed by atoms with Crippen LogP contribution in [0.15, 0.2) is 42.5 Å². The minimum absolute atomic E-state index is 0.152. The van der Waals surface area contributed by atoms with Crippen molar-refractivity contribution < 1.29 is 8.42 Å². The van der Waals surface area contributed by atoms with Gasteiger partial charge in [-0.15, -0.1) is 0 Å². The molecule has 0 saturated heterocycles. The average Bonchev–Trinajstić information content (AvgIpc) is 2.43. The molecular weight excluding hydrogens is 331 g/mol. The summed E-state index contributed by atoms with van der Waals surface area (Å²) in [5, 5.41) is 0.700. The molecule has 0 atom stereocenters. The van der Waals surface area contributed by atoms with E-state index in [0.29, 0.717) is 22.2 Å². The van der Waals surface area contributed by atoms with Gasteiger partial charge >= 0.3 is 0 Å². The molecule has 7 heteroatoms. The third-order valence-corrected chi connectivity index (χ3v) is 4.62.